The second kappa shape index (κ2) is 15.9. The van der Waals surface area contributed by atoms with E-state index in [1.807, 2.05) is 41.1 Å². The van der Waals surface area contributed by atoms with Crippen LogP contribution in [0.2, 0.25) is 0 Å². The highest BCUT2D eigenvalue weighted by atomic mass is 16.4. The molecule has 1 aromatic heterocycles. The highest BCUT2D eigenvalue weighted by molar-refractivity contribution is 6.01. The lowest BCUT2D eigenvalue weighted by Gasteiger charge is -2.35. The number of aromatic nitrogens is 3. The molecule has 0 spiro atoms. The zero-order chi connectivity index (χ0) is 32.3. The summed E-state index contributed by atoms with van der Waals surface area (Å²) in [6.07, 6.45) is 3.70. The first-order valence-corrected chi connectivity index (χ1v) is 15.6. The molecular weight excluding hydrogens is 574 g/mol. The van der Waals surface area contributed by atoms with Crippen LogP contribution in [0.5, 0.6) is 0 Å². The minimum absolute atomic E-state index is 0.0167. The lowest BCUT2D eigenvalue weighted by atomic mass is 9.97. The van der Waals surface area contributed by atoms with Crippen LogP contribution in [0.3, 0.4) is 0 Å². The van der Waals surface area contributed by atoms with E-state index in [0.717, 1.165) is 54.0 Å². The molecule has 12 heteroatoms. The van der Waals surface area contributed by atoms with Crippen LogP contribution >= 0.6 is 0 Å². The number of hydrogen-bond acceptors (Lipinski definition) is 7. The summed E-state index contributed by atoms with van der Waals surface area (Å²) >= 11 is 0. The summed E-state index contributed by atoms with van der Waals surface area (Å²) in [6.45, 7) is 7.87. The quantitative estimate of drug-likeness (QED) is 0.250. The van der Waals surface area contributed by atoms with Gasteiger partial charge in [-0.15, -0.1) is 0 Å². The fraction of sp³-hybridized carbons (Fsp3) is 0.455. The van der Waals surface area contributed by atoms with Crippen LogP contribution in [0, 0.1) is 0 Å². The Balaban J connectivity index is 1.35. The number of aryl methyl sites for hydroxylation is 2. The van der Waals surface area contributed by atoms with Gasteiger partial charge in [0.1, 0.15) is 11.9 Å². The second-order valence-corrected chi connectivity index (χ2v) is 11.3. The molecule has 1 aliphatic heterocycles. The highest BCUT2D eigenvalue weighted by Gasteiger charge is 2.26. The number of nitrogens with zero attached hydrogens (tertiary/aromatic N) is 5. The molecule has 1 saturated heterocycles. The van der Waals surface area contributed by atoms with Gasteiger partial charge >= 0.3 is 5.97 Å². The van der Waals surface area contributed by atoms with Crippen molar-refractivity contribution in [1.29, 1.82) is 0 Å². The van der Waals surface area contributed by atoms with Crippen molar-refractivity contribution < 1.29 is 24.3 Å². The van der Waals surface area contributed by atoms with E-state index >= 15 is 0 Å². The standard InChI is InChI=1S/C33H43N7O5/c1-4-8-29-35-30(9-5-2)40(36-29)22-24-12-14-25(15-13-24)26-10-6-7-11-27(26)32(43)38-18-20-39(21-19-38)37-31(42)17-16-28(33(44)45)34-23(3)41/h6-7,10-15,28H,4-5,8-9,16-22H2,1-3H3,(H,34,41)(H,37,42)(H,44,45). The molecule has 1 atom stereocenters. The maximum atomic E-state index is 13.6. The SMILES string of the molecule is CCCc1nc(CCC)n(Cc2ccc(-c3ccccc3C(=O)N3CCN(NC(=O)CCC(NC(C)=O)C(=O)O)CC3)cc2)n1. The molecule has 0 saturated carbocycles. The predicted molar refractivity (Wildman–Crippen MR) is 169 cm³/mol. The number of benzene rings is 2. The lowest BCUT2D eigenvalue weighted by Crippen LogP contribution is -2.55. The van der Waals surface area contributed by atoms with Crippen molar-refractivity contribution in [3.05, 3.63) is 71.3 Å². The van der Waals surface area contributed by atoms with Crippen LogP contribution < -0.4 is 10.7 Å². The molecule has 0 radical (unpaired) electrons. The van der Waals surface area contributed by atoms with Gasteiger partial charge in [-0.2, -0.15) is 5.10 Å². The minimum atomic E-state index is -1.19. The molecule has 3 N–H and O–H groups in total. The largest absolute Gasteiger partial charge is 0.480 e. The highest BCUT2D eigenvalue weighted by Crippen LogP contribution is 2.26. The Labute approximate surface area is 263 Å². The maximum Gasteiger partial charge on any atom is 0.326 e. The third-order valence-electron chi connectivity index (χ3n) is 7.68. The molecule has 1 unspecified atom stereocenters. The Morgan fingerprint density at radius 1 is 0.933 bits per heavy atom. The fourth-order valence-electron chi connectivity index (χ4n) is 5.38. The Morgan fingerprint density at radius 2 is 1.62 bits per heavy atom. The van der Waals surface area contributed by atoms with Crippen LogP contribution in [-0.4, -0.2) is 85.7 Å². The Hall–Kier alpha value is -4.58. The number of carbonyl (C=O) groups is 4. The van der Waals surface area contributed by atoms with E-state index < -0.39 is 17.9 Å². The first-order valence-electron chi connectivity index (χ1n) is 15.6. The summed E-state index contributed by atoms with van der Waals surface area (Å²) in [4.78, 5) is 55.1. The molecular formula is C33H43N7O5. The lowest BCUT2D eigenvalue weighted by molar-refractivity contribution is -0.142. The van der Waals surface area contributed by atoms with Crippen molar-refractivity contribution >= 4 is 23.7 Å². The number of rotatable bonds is 14. The van der Waals surface area contributed by atoms with E-state index in [9.17, 15) is 24.3 Å². The van der Waals surface area contributed by atoms with Crippen molar-refractivity contribution in [2.45, 2.75) is 71.9 Å². The van der Waals surface area contributed by atoms with Crippen LogP contribution in [0.4, 0.5) is 0 Å². The monoisotopic (exact) mass is 617 g/mol. The van der Waals surface area contributed by atoms with Crippen LogP contribution in [0.1, 0.15) is 74.0 Å². The normalized spacial score (nSPS) is 14.2. The number of carboxylic acid groups (broad SMARTS) is 1. The number of hydrazine groups is 1. The Bertz CT molecular complexity index is 1480. The zero-order valence-corrected chi connectivity index (χ0v) is 26.3. The zero-order valence-electron chi connectivity index (χ0n) is 26.3. The average molecular weight is 618 g/mol. The molecule has 4 rings (SSSR count). The summed E-state index contributed by atoms with van der Waals surface area (Å²) in [7, 11) is 0. The van der Waals surface area contributed by atoms with Gasteiger partial charge in [0.15, 0.2) is 5.82 Å². The van der Waals surface area contributed by atoms with Gasteiger partial charge in [0.05, 0.1) is 6.54 Å². The van der Waals surface area contributed by atoms with Gasteiger partial charge in [-0.25, -0.2) is 19.5 Å². The van der Waals surface area contributed by atoms with Gasteiger partial charge in [-0.3, -0.25) is 19.8 Å². The molecule has 3 aromatic rings. The molecule has 0 aliphatic carbocycles. The predicted octanol–water partition coefficient (Wildman–Crippen LogP) is 3.06. The summed E-state index contributed by atoms with van der Waals surface area (Å²) < 4.78 is 2.00. The van der Waals surface area contributed by atoms with Gasteiger partial charge in [-0.1, -0.05) is 56.3 Å². The van der Waals surface area contributed by atoms with Crippen molar-refractivity contribution in [2.24, 2.45) is 0 Å². The number of carbonyl (C=O) groups excluding carboxylic acids is 3. The molecule has 45 heavy (non-hydrogen) atoms. The molecule has 12 nitrogen and oxygen atoms in total. The molecule has 0 bridgehead atoms. The first kappa shape index (κ1) is 33.3. The van der Waals surface area contributed by atoms with E-state index in [2.05, 4.69) is 36.7 Å². The van der Waals surface area contributed by atoms with Gasteiger partial charge in [0.25, 0.3) is 5.91 Å². The number of carboxylic acids is 1. The number of piperazine rings is 1. The summed E-state index contributed by atoms with van der Waals surface area (Å²) in [5.74, 6) is -0.167. The fourth-order valence-corrected chi connectivity index (χ4v) is 5.38. The summed E-state index contributed by atoms with van der Waals surface area (Å²) in [5.41, 5.74) is 6.32. The van der Waals surface area contributed by atoms with E-state index in [0.29, 0.717) is 38.3 Å². The van der Waals surface area contributed by atoms with Crippen LogP contribution in [0.25, 0.3) is 11.1 Å². The number of nitrogens with one attached hydrogen (secondary N) is 2. The smallest absolute Gasteiger partial charge is 0.326 e. The minimum Gasteiger partial charge on any atom is -0.480 e. The summed E-state index contributed by atoms with van der Waals surface area (Å²) in [6, 6.07) is 14.7. The van der Waals surface area contributed by atoms with Gasteiger partial charge in [0, 0.05) is 57.9 Å². The molecule has 240 valence electrons. The van der Waals surface area contributed by atoms with Gasteiger partial charge < -0.3 is 15.3 Å². The van der Waals surface area contributed by atoms with E-state index in [4.69, 9.17) is 10.1 Å². The number of hydrogen-bond donors (Lipinski definition) is 3. The van der Waals surface area contributed by atoms with Crippen molar-refractivity contribution in [2.75, 3.05) is 26.2 Å². The first-order chi connectivity index (χ1) is 21.7. The van der Waals surface area contributed by atoms with E-state index in [1.165, 1.54) is 6.92 Å². The third kappa shape index (κ3) is 9.21. The van der Waals surface area contributed by atoms with Crippen molar-refractivity contribution in [3.8, 4) is 11.1 Å². The third-order valence-corrected chi connectivity index (χ3v) is 7.68. The molecule has 2 heterocycles. The average Bonchev–Trinajstić information content (AvgIpc) is 3.40. The van der Waals surface area contributed by atoms with Crippen molar-refractivity contribution in [1.82, 2.24) is 35.4 Å². The Kier molecular flexibility index (Phi) is 11.8. The topological polar surface area (TPSA) is 150 Å². The molecule has 1 fully saturated rings. The number of aliphatic carboxylic acids is 1. The summed E-state index contributed by atoms with van der Waals surface area (Å²) in [5, 5.41) is 18.0. The molecule has 1 aliphatic rings. The van der Waals surface area contributed by atoms with Crippen LogP contribution in [-0.2, 0) is 33.8 Å². The van der Waals surface area contributed by atoms with Crippen LogP contribution in [0.15, 0.2) is 48.5 Å². The van der Waals surface area contributed by atoms with Gasteiger partial charge in [0.2, 0.25) is 11.8 Å². The maximum absolute atomic E-state index is 13.6. The molecule has 3 amide bonds. The van der Waals surface area contributed by atoms with E-state index in [-0.39, 0.29) is 24.7 Å². The second-order valence-electron chi connectivity index (χ2n) is 11.3. The van der Waals surface area contributed by atoms with Crippen molar-refractivity contribution in [3.63, 3.8) is 0 Å². The number of amides is 3. The van der Waals surface area contributed by atoms with Gasteiger partial charge in [-0.05, 0) is 42.0 Å². The van der Waals surface area contributed by atoms with E-state index in [1.54, 1.807) is 9.91 Å². The molecule has 2 aromatic carbocycles. The Morgan fingerprint density at radius 3 is 2.27 bits per heavy atom.